The molecule has 1 atom stereocenters. The molecule has 1 aliphatic heterocycles. The number of esters is 2. The molecular weight excluding hydrogens is 196 g/mol. The Morgan fingerprint density at radius 2 is 2.00 bits per heavy atom. The lowest BCUT2D eigenvalue weighted by Gasteiger charge is -2.13. The molecule has 8 nitrogen and oxygen atoms in total. The Balaban J connectivity index is 2.70. The topological polar surface area (TPSA) is 125 Å². The third-order valence-corrected chi connectivity index (χ3v) is 1.25. The van der Waals surface area contributed by atoms with Crippen LogP contribution in [0.15, 0.2) is 0 Å². The van der Waals surface area contributed by atoms with Crippen molar-refractivity contribution >= 4 is 23.8 Å². The third-order valence-electron chi connectivity index (χ3n) is 1.25. The van der Waals surface area contributed by atoms with E-state index in [4.69, 9.17) is 0 Å². The number of urea groups is 1. The van der Waals surface area contributed by atoms with Crippen molar-refractivity contribution in [3.8, 4) is 0 Å². The number of hydrogen-bond acceptors (Lipinski definition) is 6. The van der Waals surface area contributed by atoms with Crippen molar-refractivity contribution in [1.29, 1.82) is 0 Å². The molecule has 0 radical (unpaired) electrons. The molecule has 3 N–H and O–H groups in total. The van der Waals surface area contributed by atoms with Gasteiger partial charge in [0.05, 0.1) is 0 Å². The van der Waals surface area contributed by atoms with Crippen molar-refractivity contribution in [2.24, 2.45) is 5.73 Å². The number of ketones is 1. The number of nitrogens with two attached hydrogens (primary N) is 1. The van der Waals surface area contributed by atoms with Gasteiger partial charge < -0.3 is 15.2 Å². The largest absolute Gasteiger partial charge is 0.406 e. The number of rotatable bonds is 1. The standard InChI is InChI=1S/C6H6N2O6/c7-5(12)8-6-13-3(10)1-2(9)4(11)14-6/h6H,1H2,(H3,7,8,12). The lowest BCUT2D eigenvalue weighted by Crippen LogP contribution is -2.43. The maximum Gasteiger partial charge on any atom is 0.379 e. The van der Waals surface area contributed by atoms with Gasteiger partial charge in [0.25, 0.3) is 5.78 Å². The predicted molar refractivity (Wildman–Crippen MR) is 38.3 cm³/mol. The van der Waals surface area contributed by atoms with E-state index < -0.39 is 36.6 Å². The van der Waals surface area contributed by atoms with Gasteiger partial charge in [-0.3, -0.25) is 14.9 Å². The number of carbonyl (C=O) groups excluding carboxylic acids is 4. The molecule has 14 heavy (non-hydrogen) atoms. The van der Waals surface area contributed by atoms with Crippen LogP contribution >= 0.6 is 0 Å². The number of carbonyl (C=O) groups is 4. The first-order chi connectivity index (χ1) is 6.49. The first kappa shape index (κ1) is 9.96. The summed E-state index contributed by atoms with van der Waals surface area (Å²) in [5.74, 6) is -3.27. The number of ether oxygens (including phenoxy) is 2. The van der Waals surface area contributed by atoms with Crippen LogP contribution in [0.4, 0.5) is 4.79 Å². The Morgan fingerprint density at radius 3 is 2.57 bits per heavy atom. The van der Waals surface area contributed by atoms with Crippen LogP contribution in [-0.4, -0.2) is 30.2 Å². The number of nitrogens with one attached hydrogen (secondary N) is 1. The lowest BCUT2D eigenvalue weighted by atomic mass is 10.3. The second-order valence-electron chi connectivity index (χ2n) is 2.34. The first-order valence-electron chi connectivity index (χ1n) is 3.48. The van der Waals surface area contributed by atoms with E-state index in [2.05, 4.69) is 15.2 Å². The summed E-state index contributed by atoms with van der Waals surface area (Å²) in [4.78, 5) is 42.6. The van der Waals surface area contributed by atoms with Crippen molar-refractivity contribution in [1.82, 2.24) is 5.32 Å². The molecule has 8 heteroatoms. The minimum Gasteiger partial charge on any atom is -0.406 e. The average Bonchev–Trinajstić information content (AvgIpc) is 2.10. The number of hydrogen-bond donors (Lipinski definition) is 2. The third kappa shape index (κ3) is 2.44. The zero-order valence-corrected chi connectivity index (χ0v) is 6.81. The fourth-order valence-electron chi connectivity index (χ4n) is 0.726. The van der Waals surface area contributed by atoms with Gasteiger partial charge >= 0.3 is 24.4 Å². The maximum absolute atomic E-state index is 10.8. The highest BCUT2D eigenvalue weighted by molar-refractivity contribution is 6.37. The van der Waals surface area contributed by atoms with Crippen LogP contribution < -0.4 is 11.1 Å². The number of primary amides is 1. The smallest absolute Gasteiger partial charge is 0.379 e. The van der Waals surface area contributed by atoms with Crippen LogP contribution in [0, 0.1) is 0 Å². The van der Waals surface area contributed by atoms with Crippen molar-refractivity contribution in [3.63, 3.8) is 0 Å². The van der Waals surface area contributed by atoms with E-state index in [1.165, 1.54) is 0 Å². The highest BCUT2D eigenvalue weighted by Crippen LogP contribution is 2.03. The number of amides is 2. The molecule has 1 heterocycles. The molecule has 0 aromatic heterocycles. The zero-order chi connectivity index (χ0) is 10.7. The van der Waals surface area contributed by atoms with Gasteiger partial charge in [0.2, 0.25) is 0 Å². The molecule has 0 saturated carbocycles. The molecule has 1 unspecified atom stereocenters. The van der Waals surface area contributed by atoms with Crippen LogP contribution in [-0.2, 0) is 23.9 Å². The first-order valence-corrected chi connectivity index (χ1v) is 3.48. The van der Waals surface area contributed by atoms with Crippen molar-refractivity contribution in [2.75, 3.05) is 0 Å². The van der Waals surface area contributed by atoms with E-state index in [9.17, 15) is 19.2 Å². The molecule has 76 valence electrons. The fourth-order valence-corrected chi connectivity index (χ4v) is 0.726. The van der Waals surface area contributed by atoms with Crippen molar-refractivity contribution < 1.29 is 28.7 Å². The Kier molecular flexibility index (Phi) is 2.65. The van der Waals surface area contributed by atoms with E-state index in [0.29, 0.717) is 0 Å². The highest BCUT2D eigenvalue weighted by Gasteiger charge is 2.31. The molecule has 0 spiro atoms. The summed E-state index contributed by atoms with van der Waals surface area (Å²) in [6.07, 6.45) is -2.35. The minimum atomic E-state index is -1.64. The molecule has 1 fully saturated rings. The number of Topliss-reactive ketones (excluding diaryl/α,β-unsaturated/α-hetero) is 1. The Hall–Kier alpha value is -2.12. The molecule has 1 rings (SSSR count). The molecule has 0 aromatic carbocycles. The van der Waals surface area contributed by atoms with Gasteiger partial charge in [-0.15, -0.1) is 0 Å². The van der Waals surface area contributed by atoms with E-state index in [1.807, 2.05) is 0 Å². The summed E-state index contributed by atoms with van der Waals surface area (Å²) in [5, 5.41) is 1.80. The predicted octanol–water partition coefficient (Wildman–Crippen LogP) is -2.00. The molecule has 0 aromatic rings. The average molecular weight is 202 g/mol. The van der Waals surface area contributed by atoms with E-state index in [1.54, 1.807) is 5.32 Å². The normalized spacial score (nSPS) is 22.0. The van der Waals surface area contributed by atoms with Gasteiger partial charge in [0, 0.05) is 0 Å². The van der Waals surface area contributed by atoms with Crippen molar-refractivity contribution in [3.05, 3.63) is 0 Å². The molecule has 1 saturated heterocycles. The van der Waals surface area contributed by atoms with Gasteiger partial charge in [-0.2, -0.15) is 0 Å². The van der Waals surface area contributed by atoms with Crippen LogP contribution in [0.2, 0.25) is 0 Å². The molecule has 0 aliphatic carbocycles. The molecule has 1 aliphatic rings. The summed E-state index contributed by atoms with van der Waals surface area (Å²) in [6.45, 7) is 0. The highest BCUT2D eigenvalue weighted by atomic mass is 16.7. The molecule has 2 amide bonds. The van der Waals surface area contributed by atoms with Gasteiger partial charge in [-0.1, -0.05) is 0 Å². The van der Waals surface area contributed by atoms with Crippen LogP contribution in [0.25, 0.3) is 0 Å². The second kappa shape index (κ2) is 3.73. The van der Waals surface area contributed by atoms with E-state index in [0.717, 1.165) is 0 Å². The van der Waals surface area contributed by atoms with Gasteiger partial charge in [0.15, 0.2) is 0 Å². The minimum absolute atomic E-state index is 0.713. The summed E-state index contributed by atoms with van der Waals surface area (Å²) in [7, 11) is 0. The number of cyclic esters (lactones) is 2. The van der Waals surface area contributed by atoms with Gasteiger partial charge in [0.1, 0.15) is 6.42 Å². The molecular formula is C6H6N2O6. The SMILES string of the molecule is NC(=O)NC1OC(=O)CC(=O)C(=O)O1. The van der Waals surface area contributed by atoms with Gasteiger partial charge in [-0.05, 0) is 0 Å². The van der Waals surface area contributed by atoms with Crippen molar-refractivity contribution in [2.45, 2.75) is 12.8 Å². The summed E-state index contributed by atoms with van der Waals surface area (Å²) >= 11 is 0. The van der Waals surface area contributed by atoms with E-state index >= 15 is 0 Å². The summed E-state index contributed by atoms with van der Waals surface area (Å²) in [5.41, 5.74) is 4.68. The Bertz CT molecular complexity index is 311. The Labute approximate surface area is 77.3 Å². The summed E-state index contributed by atoms with van der Waals surface area (Å²) in [6, 6.07) is -1.05. The quantitative estimate of drug-likeness (QED) is 0.287. The second-order valence-corrected chi connectivity index (χ2v) is 2.34. The summed E-state index contributed by atoms with van der Waals surface area (Å²) < 4.78 is 8.61. The van der Waals surface area contributed by atoms with Crippen LogP contribution in [0.3, 0.4) is 0 Å². The Morgan fingerprint density at radius 1 is 1.36 bits per heavy atom. The maximum atomic E-state index is 10.8. The van der Waals surface area contributed by atoms with Crippen LogP contribution in [0.5, 0.6) is 0 Å². The lowest BCUT2D eigenvalue weighted by molar-refractivity contribution is -0.184. The fraction of sp³-hybridized carbons (Fsp3) is 0.333. The van der Waals surface area contributed by atoms with Gasteiger partial charge in [-0.25, -0.2) is 9.59 Å². The monoisotopic (exact) mass is 202 g/mol. The zero-order valence-electron chi connectivity index (χ0n) is 6.81. The molecule has 0 bridgehead atoms. The van der Waals surface area contributed by atoms with Crippen LogP contribution in [0.1, 0.15) is 6.42 Å². The van der Waals surface area contributed by atoms with E-state index in [-0.39, 0.29) is 0 Å².